The van der Waals surface area contributed by atoms with E-state index in [-0.39, 0.29) is 16.6 Å². The first kappa shape index (κ1) is 18.8. The van der Waals surface area contributed by atoms with E-state index in [2.05, 4.69) is 16.5 Å². The number of sulfonamides is 1. The van der Waals surface area contributed by atoms with Gasteiger partial charge in [-0.25, -0.2) is 13.1 Å². The molecule has 0 saturated carbocycles. The fourth-order valence-corrected chi connectivity index (χ4v) is 4.12. The van der Waals surface area contributed by atoms with Crippen LogP contribution < -0.4 is 4.72 Å². The van der Waals surface area contributed by atoms with Crippen molar-refractivity contribution >= 4 is 15.7 Å². The van der Waals surface area contributed by atoms with E-state index < -0.39 is 14.9 Å². The summed E-state index contributed by atoms with van der Waals surface area (Å²) in [5.74, 6) is 0.730. The zero-order chi connectivity index (χ0) is 17.9. The van der Waals surface area contributed by atoms with Crippen LogP contribution >= 0.6 is 0 Å². The van der Waals surface area contributed by atoms with Crippen LogP contribution in [0.3, 0.4) is 0 Å². The van der Waals surface area contributed by atoms with Gasteiger partial charge in [0, 0.05) is 24.2 Å². The Morgan fingerprint density at radius 3 is 2.54 bits per heavy atom. The molecule has 1 saturated heterocycles. The third-order valence-corrected chi connectivity index (χ3v) is 6.11. The number of rotatable bonds is 6. The molecule has 8 heteroatoms. The van der Waals surface area contributed by atoms with Crippen molar-refractivity contribution in [3.8, 4) is 0 Å². The SMILES string of the molecule is Cc1cc(S(=O)(=O)NCC(C)N2CCC(C)CC2)ccc1[N+](=O)[O-]. The number of hydrogen-bond acceptors (Lipinski definition) is 5. The van der Waals surface area contributed by atoms with E-state index in [4.69, 9.17) is 0 Å². The topological polar surface area (TPSA) is 92.6 Å². The summed E-state index contributed by atoms with van der Waals surface area (Å²) in [5, 5.41) is 10.8. The molecule has 0 bridgehead atoms. The van der Waals surface area contributed by atoms with Gasteiger partial charge in [0.05, 0.1) is 9.82 Å². The van der Waals surface area contributed by atoms with Gasteiger partial charge in [-0.15, -0.1) is 0 Å². The molecule has 1 atom stereocenters. The average Bonchev–Trinajstić information content (AvgIpc) is 2.53. The van der Waals surface area contributed by atoms with Crippen molar-refractivity contribution in [3.63, 3.8) is 0 Å². The second-order valence-corrected chi connectivity index (χ2v) is 8.39. The van der Waals surface area contributed by atoms with Crippen LogP contribution in [-0.4, -0.2) is 43.9 Å². The van der Waals surface area contributed by atoms with E-state index in [1.54, 1.807) is 0 Å². The maximum Gasteiger partial charge on any atom is 0.272 e. The molecule has 0 amide bonds. The Morgan fingerprint density at radius 2 is 2.00 bits per heavy atom. The van der Waals surface area contributed by atoms with Gasteiger partial charge in [-0.3, -0.25) is 15.0 Å². The molecule has 24 heavy (non-hydrogen) atoms. The fraction of sp³-hybridized carbons (Fsp3) is 0.625. The van der Waals surface area contributed by atoms with Crippen molar-refractivity contribution in [2.24, 2.45) is 5.92 Å². The van der Waals surface area contributed by atoms with E-state index >= 15 is 0 Å². The lowest BCUT2D eigenvalue weighted by molar-refractivity contribution is -0.385. The molecule has 0 spiro atoms. The van der Waals surface area contributed by atoms with Gasteiger partial charge < -0.3 is 0 Å². The first-order valence-corrected chi connectivity index (χ1v) is 9.68. The summed E-state index contributed by atoms with van der Waals surface area (Å²) in [6.45, 7) is 8.09. The lowest BCUT2D eigenvalue weighted by Crippen LogP contribution is -2.45. The van der Waals surface area contributed by atoms with Crippen LogP contribution in [0.15, 0.2) is 23.1 Å². The van der Waals surface area contributed by atoms with Gasteiger partial charge in [0.15, 0.2) is 0 Å². The van der Waals surface area contributed by atoms with Gasteiger partial charge >= 0.3 is 0 Å². The van der Waals surface area contributed by atoms with Crippen LogP contribution in [0.5, 0.6) is 0 Å². The standard InChI is InChI=1S/C16H25N3O4S/c1-12-6-8-18(9-7-12)14(3)11-17-24(22,23)15-4-5-16(19(20)21)13(2)10-15/h4-5,10,12,14,17H,6-9,11H2,1-3H3. The number of nitrogens with zero attached hydrogens (tertiary/aromatic N) is 2. The van der Waals surface area contributed by atoms with E-state index in [0.29, 0.717) is 12.1 Å². The molecule has 1 unspecified atom stereocenters. The maximum absolute atomic E-state index is 12.4. The lowest BCUT2D eigenvalue weighted by Gasteiger charge is -2.34. The molecule has 0 aliphatic carbocycles. The number of nitro groups is 1. The lowest BCUT2D eigenvalue weighted by atomic mass is 9.98. The fourth-order valence-electron chi connectivity index (χ4n) is 2.91. The van der Waals surface area contributed by atoms with Gasteiger partial charge in [-0.2, -0.15) is 0 Å². The molecule has 134 valence electrons. The van der Waals surface area contributed by atoms with Crippen LogP contribution in [0, 0.1) is 23.0 Å². The molecule has 7 nitrogen and oxygen atoms in total. The quantitative estimate of drug-likeness (QED) is 0.624. The highest BCUT2D eigenvalue weighted by Gasteiger charge is 2.23. The predicted molar refractivity (Wildman–Crippen MR) is 92.5 cm³/mol. The molecule has 1 heterocycles. The Bertz CT molecular complexity index is 697. The highest BCUT2D eigenvalue weighted by molar-refractivity contribution is 7.89. The number of piperidine rings is 1. The summed E-state index contributed by atoms with van der Waals surface area (Å²) in [7, 11) is -3.67. The highest BCUT2D eigenvalue weighted by Crippen LogP contribution is 2.22. The molecular formula is C16H25N3O4S. The monoisotopic (exact) mass is 355 g/mol. The minimum absolute atomic E-state index is 0.0602. The summed E-state index contributed by atoms with van der Waals surface area (Å²) in [6.07, 6.45) is 2.28. The Morgan fingerprint density at radius 1 is 1.38 bits per heavy atom. The smallest absolute Gasteiger partial charge is 0.272 e. The molecule has 1 aliphatic heterocycles. The number of hydrogen-bond donors (Lipinski definition) is 1. The van der Waals surface area contributed by atoms with Crippen molar-refractivity contribution < 1.29 is 13.3 Å². The molecule has 1 aromatic carbocycles. The summed E-state index contributed by atoms with van der Waals surface area (Å²) in [4.78, 5) is 12.7. The van der Waals surface area contributed by atoms with Gasteiger partial charge in [0.1, 0.15) is 0 Å². The third-order valence-electron chi connectivity index (χ3n) is 4.69. The van der Waals surface area contributed by atoms with E-state index in [1.807, 2.05) is 6.92 Å². The minimum Gasteiger partial charge on any atom is -0.299 e. The zero-order valence-electron chi connectivity index (χ0n) is 14.4. The van der Waals surface area contributed by atoms with Crippen molar-refractivity contribution in [3.05, 3.63) is 33.9 Å². The van der Waals surface area contributed by atoms with Crippen LogP contribution in [0.4, 0.5) is 5.69 Å². The summed E-state index contributed by atoms with van der Waals surface area (Å²) >= 11 is 0. The number of nitro benzene ring substituents is 1. The van der Waals surface area contributed by atoms with Gasteiger partial charge in [-0.05, 0) is 57.8 Å². The number of nitrogens with one attached hydrogen (secondary N) is 1. The first-order valence-electron chi connectivity index (χ1n) is 8.19. The molecule has 1 fully saturated rings. The Hall–Kier alpha value is -1.51. The van der Waals surface area contributed by atoms with Crippen molar-refractivity contribution in [2.75, 3.05) is 19.6 Å². The van der Waals surface area contributed by atoms with E-state index in [0.717, 1.165) is 31.8 Å². The van der Waals surface area contributed by atoms with Crippen LogP contribution in [0.2, 0.25) is 0 Å². The van der Waals surface area contributed by atoms with E-state index in [1.165, 1.54) is 25.1 Å². The van der Waals surface area contributed by atoms with Crippen LogP contribution in [-0.2, 0) is 10.0 Å². The summed E-state index contributed by atoms with van der Waals surface area (Å²) in [5.41, 5.74) is 0.255. The second-order valence-electron chi connectivity index (χ2n) is 6.62. The molecular weight excluding hydrogens is 330 g/mol. The van der Waals surface area contributed by atoms with Crippen LogP contribution in [0.1, 0.15) is 32.3 Å². The predicted octanol–water partition coefficient (Wildman–Crippen LogP) is 2.30. The first-order chi connectivity index (χ1) is 11.2. The van der Waals surface area contributed by atoms with Crippen molar-refractivity contribution in [1.82, 2.24) is 9.62 Å². The maximum atomic E-state index is 12.4. The third kappa shape index (κ3) is 4.52. The molecule has 1 aromatic rings. The average molecular weight is 355 g/mol. The molecule has 1 aliphatic rings. The minimum atomic E-state index is -3.67. The molecule has 1 N–H and O–H groups in total. The molecule has 0 radical (unpaired) electrons. The van der Waals surface area contributed by atoms with Gasteiger partial charge in [-0.1, -0.05) is 6.92 Å². The number of benzene rings is 1. The number of likely N-dealkylation sites (tertiary alicyclic amines) is 1. The van der Waals surface area contributed by atoms with Crippen molar-refractivity contribution in [2.45, 2.75) is 44.6 Å². The van der Waals surface area contributed by atoms with Gasteiger partial charge in [0.25, 0.3) is 5.69 Å². The Kier molecular flexibility index (Phi) is 5.95. The van der Waals surface area contributed by atoms with Gasteiger partial charge in [0.2, 0.25) is 10.0 Å². The number of aryl methyl sites for hydroxylation is 1. The van der Waals surface area contributed by atoms with E-state index in [9.17, 15) is 18.5 Å². The zero-order valence-corrected chi connectivity index (χ0v) is 15.2. The normalized spacial score (nSPS) is 18.5. The highest BCUT2D eigenvalue weighted by atomic mass is 32.2. The van der Waals surface area contributed by atoms with Crippen LogP contribution in [0.25, 0.3) is 0 Å². The largest absolute Gasteiger partial charge is 0.299 e. The summed E-state index contributed by atoms with van der Waals surface area (Å²) in [6, 6.07) is 3.97. The molecule has 2 rings (SSSR count). The second kappa shape index (κ2) is 7.58. The Balaban J connectivity index is 2.01. The Labute approximate surface area is 143 Å². The summed E-state index contributed by atoms with van der Waals surface area (Å²) < 4.78 is 27.4. The van der Waals surface area contributed by atoms with Crippen molar-refractivity contribution in [1.29, 1.82) is 0 Å². The molecule has 0 aromatic heterocycles.